The number of pyridine rings is 1. The number of anilines is 1. The van der Waals surface area contributed by atoms with Crippen LogP contribution >= 0.6 is 27.5 Å². The topological polar surface area (TPSA) is 88.6 Å². The predicted molar refractivity (Wildman–Crippen MR) is 108 cm³/mol. The van der Waals surface area contributed by atoms with Gasteiger partial charge in [0.25, 0.3) is 5.91 Å². The van der Waals surface area contributed by atoms with E-state index in [9.17, 15) is 13.2 Å². The Hall–Kier alpha value is -1.68. The van der Waals surface area contributed by atoms with Gasteiger partial charge in [-0.05, 0) is 40.2 Å². The van der Waals surface area contributed by atoms with Crippen LogP contribution in [0.4, 0.5) is 5.69 Å². The van der Waals surface area contributed by atoms with Crippen molar-refractivity contribution in [2.75, 3.05) is 25.5 Å². The van der Waals surface area contributed by atoms with Crippen molar-refractivity contribution < 1.29 is 17.9 Å². The summed E-state index contributed by atoms with van der Waals surface area (Å²) in [5, 5.41) is 2.67. The van der Waals surface area contributed by atoms with Gasteiger partial charge in [-0.1, -0.05) is 25.4 Å². The van der Waals surface area contributed by atoms with Crippen LogP contribution in [0.3, 0.4) is 0 Å². The molecule has 0 radical (unpaired) electrons. The van der Waals surface area contributed by atoms with Gasteiger partial charge in [-0.2, -0.15) is 4.31 Å². The van der Waals surface area contributed by atoms with Crippen molar-refractivity contribution in [3.05, 3.63) is 45.7 Å². The minimum atomic E-state index is -3.68. The SMILES string of the molecule is CCN(CC)S(=O)(=O)c1ccc(OC)c(NC(=O)c2cc(Br)cnc2Cl)c1. The van der Waals surface area contributed by atoms with E-state index in [0.717, 1.165) is 0 Å². The van der Waals surface area contributed by atoms with E-state index in [-0.39, 0.29) is 21.3 Å². The number of carbonyl (C=O) groups excluding carboxylic acids is 1. The van der Waals surface area contributed by atoms with Gasteiger partial charge < -0.3 is 10.1 Å². The van der Waals surface area contributed by atoms with E-state index in [1.54, 1.807) is 13.8 Å². The molecule has 0 aliphatic heterocycles. The summed E-state index contributed by atoms with van der Waals surface area (Å²) in [4.78, 5) is 16.6. The largest absolute Gasteiger partial charge is 0.495 e. The average molecular weight is 477 g/mol. The summed E-state index contributed by atoms with van der Waals surface area (Å²) in [6.45, 7) is 4.20. The average Bonchev–Trinajstić information content (AvgIpc) is 2.64. The molecule has 0 aliphatic carbocycles. The van der Waals surface area contributed by atoms with E-state index in [2.05, 4.69) is 26.2 Å². The van der Waals surface area contributed by atoms with Crippen molar-refractivity contribution in [3.8, 4) is 5.75 Å². The van der Waals surface area contributed by atoms with E-state index in [0.29, 0.717) is 23.3 Å². The van der Waals surface area contributed by atoms with Gasteiger partial charge in [0.1, 0.15) is 10.9 Å². The second-order valence-corrected chi connectivity index (χ2v) is 8.61. The molecule has 0 spiro atoms. The molecule has 146 valence electrons. The molecule has 0 atom stereocenters. The smallest absolute Gasteiger partial charge is 0.258 e. The molecule has 0 unspecified atom stereocenters. The van der Waals surface area contributed by atoms with Crippen LogP contribution in [-0.2, 0) is 10.0 Å². The van der Waals surface area contributed by atoms with Gasteiger partial charge in [0.05, 0.1) is 23.3 Å². The molecule has 0 aliphatic rings. The number of nitrogens with one attached hydrogen (secondary N) is 1. The van der Waals surface area contributed by atoms with Gasteiger partial charge in [-0.15, -0.1) is 0 Å². The highest BCUT2D eigenvalue weighted by atomic mass is 79.9. The van der Waals surface area contributed by atoms with Crippen LogP contribution in [0.25, 0.3) is 0 Å². The number of sulfonamides is 1. The maximum atomic E-state index is 12.7. The van der Waals surface area contributed by atoms with Crippen molar-refractivity contribution in [2.45, 2.75) is 18.7 Å². The minimum absolute atomic E-state index is 0.0292. The number of amides is 1. The normalized spacial score (nSPS) is 11.5. The first kappa shape index (κ1) is 21.6. The van der Waals surface area contributed by atoms with Crippen LogP contribution in [0.2, 0.25) is 5.15 Å². The zero-order valence-electron chi connectivity index (χ0n) is 15.0. The minimum Gasteiger partial charge on any atom is -0.495 e. The lowest BCUT2D eigenvalue weighted by molar-refractivity contribution is 0.102. The first-order chi connectivity index (χ1) is 12.7. The quantitative estimate of drug-likeness (QED) is 0.614. The fourth-order valence-electron chi connectivity index (χ4n) is 2.43. The van der Waals surface area contributed by atoms with Crippen molar-refractivity contribution in [1.82, 2.24) is 9.29 Å². The summed E-state index contributed by atoms with van der Waals surface area (Å²) in [6, 6.07) is 5.82. The third kappa shape index (κ3) is 4.78. The second kappa shape index (κ2) is 9.01. The Morgan fingerprint density at radius 2 is 1.96 bits per heavy atom. The molecule has 0 saturated heterocycles. The first-order valence-corrected chi connectivity index (χ1v) is 10.7. The van der Waals surface area contributed by atoms with Crippen LogP contribution in [0, 0.1) is 0 Å². The molecule has 27 heavy (non-hydrogen) atoms. The molecular weight excluding hydrogens is 458 g/mol. The van der Waals surface area contributed by atoms with Gasteiger partial charge in [0.15, 0.2) is 0 Å². The summed E-state index contributed by atoms with van der Waals surface area (Å²) in [5.41, 5.74) is 0.358. The van der Waals surface area contributed by atoms with E-state index in [1.807, 2.05) is 0 Å². The second-order valence-electron chi connectivity index (χ2n) is 5.40. The number of methoxy groups -OCH3 is 1. The number of aromatic nitrogens is 1. The zero-order chi connectivity index (χ0) is 20.2. The Morgan fingerprint density at radius 1 is 1.30 bits per heavy atom. The fraction of sp³-hybridized carbons (Fsp3) is 0.294. The number of benzene rings is 1. The standard InChI is InChI=1S/C17H19BrClN3O4S/c1-4-22(5-2)27(24,25)12-6-7-15(26-3)14(9-12)21-17(23)13-8-11(18)10-20-16(13)19/h6-10H,4-5H2,1-3H3,(H,21,23). The molecule has 2 rings (SSSR count). The van der Waals surface area contributed by atoms with E-state index >= 15 is 0 Å². The number of halogens is 2. The molecular formula is C17H19BrClN3O4S. The highest BCUT2D eigenvalue weighted by Crippen LogP contribution is 2.30. The summed E-state index contributed by atoms with van der Waals surface area (Å²) in [7, 11) is -2.26. The molecule has 0 fully saturated rings. The summed E-state index contributed by atoms with van der Waals surface area (Å²) in [6.07, 6.45) is 1.47. The third-order valence-electron chi connectivity index (χ3n) is 3.81. The zero-order valence-corrected chi connectivity index (χ0v) is 18.2. The molecule has 0 bridgehead atoms. The lowest BCUT2D eigenvalue weighted by Gasteiger charge is -2.19. The van der Waals surface area contributed by atoms with Crippen LogP contribution in [0.15, 0.2) is 39.8 Å². The van der Waals surface area contributed by atoms with Crippen molar-refractivity contribution in [2.24, 2.45) is 0 Å². The molecule has 0 saturated carbocycles. The third-order valence-corrected chi connectivity index (χ3v) is 6.59. The van der Waals surface area contributed by atoms with Gasteiger partial charge in [0, 0.05) is 23.8 Å². The van der Waals surface area contributed by atoms with Gasteiger partial charge >= 0.3 is 0 Å². The summed E-state index contributed by atoms with van der Waals surface area (Å²) < 4.78 is 32.6. The maximum absolute atomic E-state index is 12.7. The van der Waals surface area contributed by atoms with E-state index in [4.69, 9.17) is 16.3 Å². The number of rotatable bonds is 7. The number of nitrogens with zero attached hydrogens (tertiary/aromatic N) is 2. The Bertz CT molecular complexity index is 949. The van der Waals surface area contributed by atoms with Crippen molar-refractivity contribution >= 4 is 49.1 Å². The Labute approximate surface area is 171 Å². The lowest BCUT2D eigenvalue weighted by Crippen LogP contribution is -2.30. The predicted octanol–water partition coefficient (Wildman–Crippen LogP) is 3.79. The van der Waals surface area contributed by atoms with Crippen LogP contribution < -0.4 is 10.1 Å². The molecule has 1 heterocycles. The van der Waals surface area contributed by atoms with E-state index in [1.165, 1.54) is 41.9 Å². The summed E-state index contributed by atoms with van der Waals surface area (Å²) >= 11 is 9.22. The monoisotopic (exact) mass is 475 g/mol. The highest BCUT2D eigenvalue weighted by molar-refractivity contribution is 9.10. The summed E-state index contributed by atoms with van der Waals surface area (Å²) in [5.74, 6) is -0.217. The van der Waals surface area contributed by atoms with Gasteiger partial charge in [0.2, 0.25) is 10.0 Å². The number of carbonyl (C=O) groups is 1. The van der Waals surface area contributed by atoms with Gasteiger partial charge in [-0.3, -0.25) is 4.79 Å². The molecule has 10 heteroatoms. The lowest BCUT2D eigenvalue weighted by atomic mass is 10.2. The van der Waals surface area contributed by atoms with Crippen molar-refractivity contribution in [1.29, 1.82) is 0 Å². The highest BCUT2D eigenvalue weighted by Gasteiger charge is 2.23. The maximum Gasteiger partial charge on any atom is 0.258 e. The molecule has 1 amide bonds. The van der Waals surface area contributed by atoms with Gasteiger partial charge in [-0.25, -0.2) is 13.4 Å². The first-order valence-electron chi connectivity index (χ1n) is 8.05. The Morgan fingerprint density at radius 3 is 2.56 bits per heavy atom. The van der Waals surface area contributed by atoms with E-state index < -0.39 is 15.9 Å². The Kier molecular flexibility index (Phi) is 7.21. The van der Waals surface area contributed by atoms with Crippen molar-refractivity contribution in [3.63, 3.8) is 0 Å². The molecule has 2 aromatic rings. The fourth-order valence-corrected chi connectivity index (χ4v) is 4.43. The molecule has 1 aromatic heterocycles. The van der Waals surface area contributed by atoms with Crippen LogP contribution in [-0.4, -0.2) is 43.8 Å². The Balaban J connectivity index is 2.44. The molecule has 1 aromatic carbocycles. The van der Waals surface area contributed by atoms with Crippen LogP contribution in [0.5, 0.6) is 5.75 Å². The number of hydrogen-bond acceptors (Lipinski definition) is 5. The molecule has 1 N–H and O–H groups in total. The number of hydrogen-bond donors (Lipinski definition) is 1. The molecule has 7 nitrogen and oxygen atoms in total. The van der Waals surface area contributed by atoms with Crippen LogP contribution in [0.1, 0.15) is 24.2 Å². The number of ether oxygens (including phenoxy) is 1.